The number of thiazole rings is 1. The van der Waals surface area contributed by atoms with Crippen molar-refractivity contribution in [2.45, 2.75) is 57.5 Å². The first-order chi connectivity index (χ1) is 9.62. The number of piperazine rings is 1. The van der Waals surface area contributed by atoms with Gasteiger partial charge in [-0.25, -0.2) is 4.98 Å². The summed E-state index contributed by atoms with van der Waals surface area (Å²) in [6.45, 7) is 10.6. The van der Waals surface area contributed by atoms with E-state index in [9.17, 15) is 0 Å². The van der Waals surface area contributed by atoms with Gasteiger partial charge in [-0.2, -0.15) is 0 Å². The highest BCUT2D eigenvalue weighted by Gasteiger charge is 2.45. The highest BCUT2D eigenvalue weighted by Crippen LogP contribution is 2.41. The molecule has 1 aromatic rings. The summed E-state index contributed by atoms with van der Waals surface area (Å²) < 4.78 is 0. The molecular formula is C16H27N3S. The van der Waals surface area contributed by atoms with Crippen LogP contribution in [-0.4, -0.2) is 41.1 Å². The van der Waals surface area contributed by atoms with Gasteiger partial charge in [-0.1, -0.05) is 13.8 Å². The van der Waals surface area contributed by atoms with Gasteiger partial charge in [-0.3, -0.25) is 4.90 Å². The highest BCUT2D eigenvalue weighted by molar-refractivity contribution is 7.09. The minimum Gasteiger partial charge on any atom is -0.308 e. The molecule has 0 bridgehead atoms. The van der Waals surface area contributed by atoms with Gasteiger partial charge in [0.25, 0.3) is 0 Å². The number of hydrogen-bond acceptors (Lipinski definition) is 4. The van der Waals surface area contributed by atoms with E-state index in [4.69, 9.17) is 0 Å². The van der Waals surface area contributed by atoms with E-state index in [1.165, 1.54) is 30.8 Å². The first kappa shape index (κ1) is 14.5. The van der Waals surface area contributed by atoms with Crippen LogP contribution in [0, 0.1) is 5.92 Å². The van der Waals surface area contributed by atoms with Gasteiger partial charge in [-0.15, -0.1) is 11.3 Å². The Kier molecular flexibility index (Phi) is 4.16. The Morgan fingerprint density at radius 1 is 1.55 bits per heavy atom. The summed E-state index contributed by atoms with van der Waals surface area (Å²) in [4.78, 5) is 7.22. The molecule has 1 N–H and O–H groups in total. The third-order valence-electron chi connectivity index (χ3n) is 5.12. The molecule has 3 atom stereocenters. The molecule has 1 aromatic heterocycles. The van der Waals surface area contributed by atoms with Crippen LogP contribution < -0.4 is 5.32 Å². The molecule has 3 unspecified atom stereocenters. The lowest BCUT2D eigenvalue weighted by molar-refractivity contribution is 0.0687. The summed E-state index contributed by atoms with van der Waals surface area (Å²) in [5.74, 6) is 1.45. The molecule has 1 saturated carbocycles. The third kappa shape index (κ3) is 2.92. The SMILES string of the molecule is CCC1CNC(C)(C2CC2)CN1CC(C)c1nccs1. The Labute approximate surface area is 126 Å². The largest absolute Gasteiger partial charge is 0.308 e. The number of hydrogen-bond donors (Lipinski definition) is 1. The van der Waals surface area contributed by atoms with Crippen LogP contribution in [0.2, 0.25) is 0 Å². The lowest BCUT2D eigenvalue weighted by Crippen LogP contribution is -2.64. The van der Waals surface area contributed by atoms with Gasteiger partial charge in [0.2, 0.25) is 0 Å². The van der Waals surface area contributed by atoms with Crippen LogP contribution >= 0.6 is 11.3 Å². The maximum absolute atomic E-state index is 4.49. The zero-order valence-electron chi connectivity index (χ0n) is 12.9. The van der Waals surface area contributed by atoms with E-state index in [0.29, 0.717) is 17.5 Å². The molecular weight excluding hydrogens is 266 g/mol. The van der Waals surface area contributed by atoms with Crippen molar-refractivity contribution in [3.05, 3.63) is 16.6 Å². The molecule has 2 fully saturated rings. The van der Waals surface area contributed by atoms with Crippen LogP contribution in [0.4, 0.5) is 0 Å². The summed E-state index contributed by atoms with van der Waals surface area (Å²) in [6.07, 6.45) is 5.99. The lowest BCUT2D eigenvalue weighted by Gasteiger charge is -2.47. The van der Waals surface area contributed by atoms with E-state index < -0.39 is 0 Å². The maximum atomic E-state index is 4.49. The zero-order valence-corrected chi connectivity index (χ0v) is 13.7. The van der Waals surface area contributed by atoms with Crippen molar-refractivity contribution in [1.29, 1.82) is 0 Å². The topological polar surface area (TPSA) is 28.2 Å². The molecule has 0 spiro atoms. The van der Waals surface area contributed by atoms with Crippen LogP contribution in [0.15, 0.2) is 11.6 Å². The molecule has 3 rings (SSSR count). The van der Waals surface area contributed by atoms with Gasteiger partial charge in [0.15, 0.2) is 0 Å². The Morgan fingerprint density at radius 2 is 2.35 bits per heavy atom. The van der Waals surface area contributed by atoms with Gasteiger partial charge in [0.05, 0.1) is 5.01 Å². The first-order valence-electron chi connectivity index (χ1n) is 8.01. The number of nitrogens with one attached hydrogen (secondary N) is 1. The Morgan fingerprint density at radius 3 is 2.95 bits per heavy atom. The minimum atomic E-state index is 0.342. The minimum absolute atomic E-state index is 0.342. The summed E-state index contributed by atoms with van der Waals surface area (Å²) in [5, 5.41) is 7.22. The van der Waals surface area contributed by atoms with Gasteiger partial charge >= 0.3 is 0 Å². The summed E-state index contributed by atoms with van der Waals surface area (Å²) >= 11 is 1.79. The molecule has 1 saturated heterocycles. The predicted molar refractivity (Wildman–Crippen MR) is 85.3 cm³/mol. The van der Waals surface area contributed by atoms with Crippen molar-refractivity contribution >= 4 is 11.3 Å². The van der Waals surface area contributed by atoms with E-state index in [2.05, 4.69) is 41.4 Å². The molecule has 0 aromatic carbocycles. The highest BCUT2D eigenvalue weighted by atomic mass is 32.1. The second kappa shape index (κ2) is 5.74. The molecule has 0 radical (unpaired) electrons. The van der Waals surface area contributed by atoms with Crippen LogP contribution in [0.1, 0.15) is 51.0 Å². The molecule has 1 aliphatic carbocycles. The van der Waals surface area contributed by atoms with E-state index in [0.717, 1.165) is 19.0 Å². The van der Waals surface area contributed by atoms with E-state index in [-0.39, 0.29) is 0 Å². The zero-order chi connectivity index (χ0) is 14.2. The maximum Gasteiger partial charge on any atom is 0.0965 e. The fraction of sp³-hybridized carbons (Fsp3) is 0.812. The smallest absolute Gasteiger partial charge is 0.0965 e. The molecule has 0 amide bonds. The lowest BCUT2D eigenvalue weighted by atomic mass is 9.89. The van der Waals surface area contributed by atoms with E-state index >= 15 is 0 Å². The molecule has 20 heavy (non-hydrogen) atoms. The standard InChI is InChI=1S/C16H27N3S/c1-4-14-9-18-16(3,13-5-6-13)11-19(14)10-12(2)15-17-7-8-20-15/h7-8,12-14,18H,4-6,9-11H2,1-3H3. The second-order valence-electron chi connectivity index (χ2n) is 6.84. The van der Waals surface area contributed by atoms with Crippen molar-refractivity contribution in [3.63, 3.8) is 0 Å². The summed E-state index contributed by atoms with van der Waals surface area (Å²) in [6, 6.07) is 0.684. The Bertz CT molecular complexity index is 429. The van der Waals surface area contributed by atoms with Crippen molar-refractivity contribution in [1.82, 2.24) is 15.2 Å². The van der Waals surface area contributed by atoms with Crippen LogP contribution in [0.25, 0.3) is 0 Å². The van der Waals surface area contributed by atoms with E-state index in [1.54, 1.807) is 11.3 Å². The Balaban J connectivity index is 1.67. The molecule has 3 nitrogen and oxygen atoms in total. The van der Waals surface area contributed by atoms with Crippen LogP contribution in [-0.2, 0) is 0 Å². The predicted octanol–water partition coefficient (Wildman–Crippen LogP) is 3.10. The van der Waals surface area contributed by atoms with Crippen molar-refractivity contribution in [2.24, 2.45) is 5.92 Å². The third-order valence-corrected chi connectivity index (χ3v) is 6.13. The summed E-state index contributed by atoms with van der Waals surface area (Å²) in [5.41, 5.74) is 0.342. The molecule has 1 aliphatic heterocycles. The van der Waals surface area contributed by atoms with Gasteiger partial charge in [-0.05, 0) is 32.1 Å². The monoisotopic (exact) mass is 293 g/mol. The normalized spacial score (nSPS) is 33.2. The van der Waals surface area contributed by atoms with Gasteiger partial charge < -0.3 is 5.32 Å². The van der Waals surface area contributed by atoms with Gasteiger partial charge in [0, 0.05) is 48.7 Å². The van der Waals surface area contributed by atoms with Crippen molar-refractivity contribution in [2.75, 3.05) is 19.6 Å². The Hall–Kier alpha value is -0.450. The number of rotatable bonds is 5. The fourth-order valence-corrected chi connectivity index (χ4v) is 4.29. The second-order valence-corrected chi connectivity index (χ2v) is 7.76. The fourth-order valence-electron chi connectivity index (χ4n) is 3.60. The van der Waals surface area contributed by atoms with Crippen LogP contribution in [0.5, 0.6) is 0 Å². The van der Waals surface area contributed by atoms with Crippen molar-refractivity contribution in [3.8, 4) is 0 Å². The quantitative estimate of drug-likeness (QED) is 0.904. The average molecular weight is 293 g/mol. The van der Waals surface area contributed by atoms with E-state index in [1.807, 2.05) is 6.20 Å². The molecule has 4 heteroatoms. The number of nitrogens with zero attached hydrogens (tertiary/aromatic N) is 2. The van der Waals surface area contributed by atoms with Gasteiger partial charge in [0.1, 0.15) is 0 Å². The molecule has 112 valence electrons. The first-order valence-corrected chi connectivity index (χ1v) is 8.89. The molecule has 2 aliphatic rings. The summed E-state index contributed by atoms with van der Waals surface area (Å²) in [7, 11) is 0. The molecule has 2 heterocycles. The average Bonchev–Trinajstić information content (AvgIpc) is 3.15. The van der Waals surface area contributed by atoms with Crippen molar-refractivity contribution < 1.29 is 0 Å². The van der Waals surface area contributed by atoms with Crippen LogP contribution in [0.3, 0.4) is 0 Å². The number of aromatic nitrogens is 1.